The molecule has 0 bridgehead atoms. The van der Waals surface area contributed by atoms with Gasteiger partial charge >= 0.3 is 0 Å². The third-order valence-corrected chi connectivity index (χ3v) is 4.55. The van der Waals surface area contributed by atoms with Crippen LogP contribution in [0.2, 0.25) is 0 Å². The molecule has 0 aliphatic carbocycles. The number of nitrogens with zero attached hydrogens (tertiary/aromatic N) is 2. The van der Waals surface area contributed by atoms with Crippen molar-refractivity contribution in [3.63, 3.8) is 0 Å². The van der Waals surface area contributed by atoms with Crippen LogP contribution in [-0.4, -0.2) is 9.78 Å². The fourth-order valence-electron chi connectivity index (χ4n) is 3.50. The van der Waals surface area contributed by atoms with Crippen LogP contribution in [0.1, 0.15) is 83.9 Å². The second kappa shape index (κ2) is 7.38. The molecule has 2 aromatic rings. The zero-order valence-corrected chi connectivity index (χ0v) is 19.1. The van der Waals surface area contributed by atoms with Crippen molar-refractivity contribution < 1.29 is 20.4 Å². The van der Waals surface area contributed by atoms with E-state index < -0.39 is 0 Å². The van der Waals surface area contributed by atoms with Crippen LogP contribution >= 0.6 is 0 Å². The molecule has 0 saturated carbocycles. The van der Waals surface area contributed by atoms with Gasteiger partial charge in [0.15, 0.2) is 0 Å². The number of benzene rings is 1. The predicted octanol–water partition coefficient (Wildman–Crippen LogP) is 6.34. The molecule has 0 aliphatic rings. The molecule has 2 rings (SSSR count). The van der Waals surface area contributed by atoms with Gasteiger partial charge in [-0.1, -0.05) is 59.7 Å². The molecular weight excluding hydrogens is 399 g/mol. The Morgan fingerprint density at radius 1 is 0.840 bits per heavy atom. The van der Waals surface area contributed by atoms with Crippen molar-refractivity contribution in [3.05, 3.63) is 40.7 Å². The van der Waals surface area contributed by atoms with Crippen LogP contribution in [0.5, 0.6) is 0 Å². The van der Waals surface area contributed by atoms with Crippen LogP contribution in [-0.2, 0) is 31.3 Å². The first kappa shape index (κ1) is 22.1. The summed E-state index contributed by atoms with van der Waals surface area (Å²) in [4.78, 5) is 0. The summed E-state index contributed by atoms with van der Waals surface area (Å²) in [6.45, 7) is 22.6. The molecule has 142 valence electrons. The molecule has 1 heterocycles. The Morgan fingerprint density at radius 3 is 1.68 bits per heavy atom. The van der Waals surface area contributed by atoms with Gasteiger partial charge in [0.2, 0.25) is 0 Å². The molecule has 25 heavy (non-hydrogen) atoms. The normalized spacial score (nSPS) is 12.4. The summed E-state index contributed by atoms with van der Waals surface area (Å²) in [5.41, 5.74) is 7.95. The maximum Gasteiger partial charge on any atom is 0.0759 e. The van der Waals surface area contributed by atoms with E-state index >= 15 is 0 Å². The molecule has 3 heteroatoms. The number of aromatic nitrogens is 2. The summed E-state index contributed by atoms with van der Waals surface area (Å²) in [5, 5.41) is 5.12. The van der Waals surface area contributed by atoms with Crippen molar-refractivity contribution in [1.82, 2.24) is 9.78 Å². The van der Waals surface area contributed by atoms with Crippen molar-refractivity contribution >= 4 is 0 Å². The Balaban J connectivity index is 0.00000312. The summed E-state index contributed by atoms with van der Waals surface area (Å²) >= 11 is 0. The first-order valence-electron chi connectivity index (χ1n) is 9.05. The van der Waals surface area contributed by atoms with Gasteiger partial charge in [0.25, 0.3) is 0 Å². The number of hydrogen-bond acceptors (Lipinski definition) is 1. The second-order valence-corrected chi connectivity index (χ2v) is 9.38. The molecule has 0 amide bonds. The number of aryl methyl sites for hydroxylation is 2. The second-order valence-electron chi connectivity index (χ2n) is 9.38. The molecule has 0 N–H and O–H groups in total. The van der Waals surface area contributed by atoms with E-state index in [0.29, 0.717) is 6.04 Å². The van der Waals surface area contributed by atoms with E-state index in [9.17, 15) is 0 Å². The van der Waals surface area contributed by atoms with Crippen LogP contribution in [0.15, 0.2) is 18.2 Å². The van der Waals surface area contributed by atoms with Crippen molar-refractivity contribution in [2.75, 3.05) is 0 Å². The van der Waals surface area contributed by atoms with Gasteiger partial charge in [-0.25, -0.2) is 0 Å². The first-order valence-corrected chi connectivity index (χ1v) is 9.05. The van der Waals surface area contributed by atoms with Crippen LogP contribution in [0.3, 0.4) is 0 Å². The molecular formula is C22H34N2Pd. The summed E-state index contributed by atoms with van der Waals surface area (Å²) in [6, 6.07) is 6.93. The van der Waals surface area contributed by atoms with Gasteiger partial charge in [0.1, 0.15) is 0 Å². The third kappa shape index (κ3) is 4.26. The molecule has 1 aromatic carbocycles. The average molecular weight is 433 g/mol. The van der Waals surface area contributed by atoms with E-state index in [1.54, 1.807) is 0 Å². The Kier molecular flexibility index (Phi) is 6.53. The van der Waals surface area contributed by atoms with Crippen molar-refractivity contribution in [1.29, 1.82) is 0 Å². The van der Waals surface area contributed by atoms with Crippen LogP contribution in [0.25, 0.3) is 11.1 Å². The summed E-state index contributed by atoms with van der Waals surface area (Å²) in [6.07, 6.45) is 0. The van der Waals surface area contributed by atoms with E-state index in [4.69, 9.17) is 5.10 Å². The smallest absolute Gasteiger partial charge is 0.0759 e. The van der Waals surface area contributed by atoms with E-state index in [0.717, 1.165) is 0 Å². The molecule has 0 unspecified atom stereocenters. The maximum atomic E-state index is 5.12. The van der Waals surface area contributed by atoms with Crippen molar-refractivity contribution in [3.8, 4) is 11.1 Å². The van der Waals surface area contributed by atoms with Crippen LogP contribution in [0.4, 0.5) is 0 Å². The average Bonchev–Trinajstić information content (AvgIpc) is 2.78. The Hall–Kier alpha value is -0.908. The van der Waals surface area contributed by atoms with Crippen LogP contribution < -0.4 is 0 Å². The van der Waals surface area contributed by atoms with Gasteiger partial charge in [-0.15, -0.1) is 0 Å². The molecule has 0 spiro atoms. The summed E-state index contributed by atoms with van der Waals surface area (Å²) < 4.78 is 2.25. The Labute approximate surface area is 168 Å². The topological polar surface area (TPSA) is 17.8 Å². The quantitative estimate of drug-likeness (QED) is 0.506. The Morgan fingerprint density at radius 2 is 1.32 bits per heavy atom. The zero-order chi connectivity index (χ0) is 18.4. The molecule has 0 fully saturated rings. The number of hydrogen-bond donors (Lipinski definition) is 0. The Bertz CT molecular complexity index is 720. The standard InChI is InChI=1S/C22H34N2.Pd/c1-14(2)24-20(22(8,9)10)18(19(23-24)21(5,6)7)17-15(3)12-11-13-16(17)4;/h11-14H,1-10H3;. The van der Waals surface area contributed by atoms with E-state index in [1.165, 1.54) is 33.6 Å². The minimum atomic E-state index is 0. The van der Waals surface area contributed by atoms with Crippen molar-refractivity contribution in [2.24, 2.45) is 0 Å². The van der Waals surface area contributed by atoms with Crippen LogP contribution in [0, 0.1) is 13.8 Å². The number of rotatable bonds is 2. The zero-order valence-electron chi connectivity index (χ0n) is 17.5. The molecule has 0 aliphatic heterocycles. The molecule has 1 aromatic heterocycles. The minimum Gasteiger partial charge on any atom is -0.266 e. The van der Waals surface area contributed by atoms with Gasteiger partial charge in [0, 0.05) is 42.9 Å². The summed E-state index contributed by atoms with van der Waals surface area (Å²) in [7, 11) is 0. The minimum absolute atomic E-state index is 0. The van der Waals surface area contributed by atoms with Gasteiger partial charge in [-0.05, 0) is 44.4 Å². The summed E-state index contributed by atoms with van der Waals surface area (Å²) in [5.74, 6) is 0. The largest absolute Gasteiger partial charge is 0.266 e. The van der Waals surface area contributed by atoms with Gasteiger partial charge in [-0.2, -0.15) is 5.10 Å². The van der Waals surface area contributed by atoms with E-state index in [2.05, 4.69) is 92.1 Å². The van der Waals surface area contributed by atoms with Crippen molar-refractivity contribution in [2.45, 2.75) is 86.1 Å². The van der Waals surface area contributed by atoms with E-state index in [-0.39, 0.29) is 31.3 Å². The maximum absolute atomic E-state index is 5.12. The SMILES string of the molecule is Cc1cccc(C)c1-c1c(C(C)(C)C)nn(C(C)C)c1C(C)(C)C.[Pd]. The predicted molar refractivity (Wildman–Crippen MR) is 105 cm³/mol. The fraction of sp³-hybridized carbons (Fsp3) is 0.591. The monoisotopic (exact) mass is 432 g/mol. The van der Waals surface area contributed by atoms with Gasteiger partial charge in [-0.3, -0.25) is 4.68 Å². The molecule has 2 nitrogen and oxygen atoms in total. The third-order valence-electron chi connectivity index (χ3n) is 4.55. The molecule has 0 saturated heterocycles. The van der Waals surface area contributed by atoms with Gasteiger partial charge in [0.05, 0.1) is 11.4 Å². The van der Waals surface area contributed by atoms with E-state index in [1.807, 2.05) is 0 Å². The fourth-order valence-corrected chi connectivity index (χ4v) is 3.50. The van der Waals surface area contributed by atoms with Gasteiger partial charge < -0.3 is 0 Å². The molecule has 0 atom stereocenters. The first-order chi connectivity index (χ1) is 10.9. The molecule has 0 radical (unpaired) electrons.